The molecule has 0 spiro atoms. The van der Waals surface area contributed by atoms with Crippen LogP contribution in [-0.2, 0) is 14.3 Å². The first-order valence-corrected chi connectivity index (χ1v) is 9.83. The van der Waals surface area contributed by atoms with Gasteiger partial charge in [0.15, 0.2) is 11.6 Å². The van der Waals surface area contributed by atoms with Crippen molar-refractivity contribution in [1.29, 1.82) is 0 Å². The molecule has 2 aromatic carbocycles. The van der Waals surface area contributed by atoms with Gasteiger partial charge in [0, 0.05) is 24.2 Å². The number of anilines is 5. The molecule has 11 heteroatoms. The average molecular weight is 455 g/mol. The van der Waals surface area contributed by atoms with E-state index in [-0.39, 0.29) is 11.8 Å². The summed E-state index contributed by atoms with van der Waals surface area (Å²) >= 11 is 0. The number of carbonyl (C=O) groups is 2. The second-order valence-corrected chi connectivity index (χ2v) is 6.71. The van der Waals surface area contributed by atoms with Gasteiger partial charge in [-0.05, 0) is 42.5 Å². The summed E-state index contributed by atoms with van der Waals surface area (Å²) in [5.41, 5.74) is 1.46. The number of methoxy groups -OCH3 is 1. The van der Waals surface area contributed by atoms with E-state index in [1.54, 1.807) is 49.6 Å². The number of aliphatic carboxylic acids is 1. The topological polar surface area (TPSA) is 135 Å². The third-order valence-corrected chi connectivity index (χ3v) is 4.13. The highest BCUT2D eigenvalue weighted by Crippen LogP contribution is 2.23. The fraction of sp³-hybridized carbons (Fsp3) is 0.182. The maximum Gasteiger partial charge on any atom is 0.312 e. The molecule has 0 bridgehead atoms. The molecule has 0 aliphatic heterocycles. The van der Waals surface area contributed by atoms with Gasteiger partial charge in [-0.15, -0.1) is 0 Å². The molecule has 4 N–H and O–H groups in total. The van der Waals surface area contributed by atoms with Gasteiger partial charge in [0.25, 0.3) is 0 Å². The quantitative estimate of drug-likeness (QED) is 0.253. The summed E-state index contributed by atoms with van der Waals surface area (Å²) in [5, 5.41) is 17.0. The maximum absolute atomic E-state index is 14.3. The standard InChI is InChI=1S/C22H22FN5O5/c1-32-9-10-33-17-7-5-14(6-8-17)27-22-24-13-18(23)21(28-22)26-16-4-2-3-15(11-16)25-19(29)12-20(30)31/h2-8,11,13H,9-10,12H2,1H3,(H,25,29)(H,30,31)(H2,24,26,27,28). The zero-order chi connectivity index (χ0) is 23.6. The molecule has 1 heterocycles. The zero-order valence-corrected chi connectivity index (χ0v) is 17.7. The molecular weight excluding hydrogens is 433 g/mol. The van der Waals surface area contributed by atoms with Crippen LogP contribution < -0.4 is 20.7 Å². The predicted molar refractivity (Wildman–Crippen MR) is 120 cm³/mol. The SMILES string of the molecule is COCCOc1ccc(Nc2ncc(F)c(Nc3cccc(NC(=O)CC(=O)O)c3)n2)cc1. The molecule has 1 aromatic heterocycles. The average Bonchev–Trinajstić information content (AvgIpc) is 2.77. The molecule has 0 aliphatic rings. The molecule has 0 fully saturated rings. The molecular formula is C22H22FN5O5. The lowest BCUT2D eigenvalue weighted by molar-refractivity contribution is -0.139. The van der Waals surface area contributed by atoms with Crippen LogP contribution in [0.3, 0.4) is 0 Å². The van der Waals surface area contributed by atoms with E-state index in [1.807, 2.05) is 0 Å². The number of hydrogen-bond acceptors (Lipinski definition) is 8. The monoisotopic (exact) mass is 455 g/mol. The van der Waals surface area contributed by atoms with Gasteiger partial charge < -0.3 is 30.5 Å². The van der Waals surface area contributed by atoms with Crippen LogP contribution in [-0.4, -0.2) is 47.3 Å². The number of hydrogen-bond donors (Lipinski definition) is 4. The van der Waals surface area contributed by atoms with Crippen molar-refractivity contribution in [3.05, 3.63) is 60.5 Å². The zero-order valence-electron chi connectivity index (χ0n) is 17.7. The molecule has 10 nitrogen and oxygen atoms in total. The lowest BCUT2D eigenvalue weighted by Crippen LogP contribution is -2.15. The van der Waals surface area contributed by atoms with Crippen LogP contribution in [0.5, 0.6) is 5.75 Å². The number of aromatic nitrogens is 2. The highest BCUT2D eigenvalue weighted by Gasteiger charge is 2.10. The van der Waals surface area contributed by atoms with Crippen molar-refractivity contribution < 1.29 is 28.6 Å². The fourth-order valence-electron chi connectivity index (χ4n) is 2.68. The van der Waals surface area contributed by atoms with Gasteiger partial charge in [-0.3, -0.25) is 9.59 Å². The van der Waals surface area contributed by atoms with Crippen molar-refractivity contribution in [2.45, 2.75) is 6.42 Å². The Hall–Kier alpha value is -4.25. The van der Waals surface area contributed by atoms with Crippen molar-refractivity contribution in [3.8, 4) is 5.75 Å². The highest BCUT2D eigenvalue weighted by atomic mass is 19.1. The van der Waals surface area contributed by atoms with E-state index in [2.05, 4.69) is 25.9 Å². The highest BCUT2D eigenvalue weighted by molar-refractivity contribution is 6.01. The van der Waals surface area contributed by atoms with Crippen molar-refractivity contribution >= 4 is 40.7 Å². The minimum absolute atomic E-state index is 0.0824. The first-order chi connectivity index (χ1) is 15.9. The predicted octanol–water partition coefficient (Wildman–Crippen LogP) is 3.54. The van der Waals surface area contributed by atoms with E-state index in [0.29, 0.717) is 36.0 Å². The number of nitrogens with one attached hydrogen (secondary N) is 3. The molecule has 172 valence electrons. The Kier molecular flexibility index (Phi) is 8.08. The normalized spacial score (nSPS) is 10.4. The van der Waals surface area contributed by atoms with Crippen molar-refractivity contribution in [2.75, 3.05) is 36.3 Å². The summed E-state index contributed by atoms with van der Waals surface area (Å²) in [7, 11) is 1.60. The fourth-order valence-corrected chi connectivity index (χ4v) is 2.68. The Bertz CT molecular complexity index is 1110. The number of nitrogens with zero attached hydrogens (tertiary/aromatic N) is 2. The molecule has 0 saturated heterocycles. The van der Waals surface area contributed by atoms with Crippen LogP contribution in [0.4, 0.5) is 33.2 Å². The van der Waals surface area contributed by atoms with Crippen LogP contribution >= 0.6 is 0 Å². The van der Waals surface area contributed by atoms with Gasteiger partial charge in [0.1, 0.15) is 18.8 Å². The van der Waals surface area contributed by atoms with Crippen LogP contribution in [0.1, 0.15) is 6.42 Å². The minimum Gasteiger partial charge on any atom is -0.491 e. The second kappa shape index (κ2) is 11.4. The van der Waals surface area contributed by atoms with Gasteiger partial charge in [0.05, 0.1) is 12.8 Å². The number of carbonyl (C=O) groups excluding carboxylic acids is 1. The molecule has 0 aliphatic carbocycles. The molecule has 0 unspecified atom stereocenters. The van der Waals surface area contributed by atoms with Crippen molar-refractivity contribution in [1.82, 2.24) is 9.97 Å². The van der Waals surface area contributed by atoms with Gasteiger partial charge in [-0.1, -0.05) is 6.07 Å². The summed E-state index contributed by atoms with van der Waals surface area (Å²) in [5.74, 6) is -1.83. The number of rotatable bonds is 11. The van der Waals surface area contributed by atoms with Gasteiger partial charge in [0.2, 0.25) is 11.9 Å². The largest absolute Gasteiger partial charge is 0.491 e. The molecule has 33 heavy (non-hydrogen) atoms. The van der Waals surface area contributed by atoms with E-state index in [0.717, 1.165) is 6.20 Å². The van der Waals surface area contributed by atoms with E-state index in [1.165, 1.54) is 6.07 Å². The smallest absolute Gasteiger partial charge is 0.312 e. The summed E-state index contributed by atoms with van der Waals surface area (Å²) in [6.45, 7) is 0.917. The first kappa shape index (κ1) is 23.4. The van der Waals surface area contributed by atoms with E-state index < -0.39 is 24.1 Å². The summed E-state index contributed by atoms with van der Waals surface area (Å²) in [4.78, 5) is 30.4. The molecule has 0 radical (unpaired) electrons. The number of carboxylic acid groups (broad SMARTS) is 1. The van der Waals surface area contributed by atoms with Crippen LogP contribution in [0.15, 0.2) is 54.7 Å². The second-order valence-electron chi connectivity index (χ2n) is 6.71. The number of halogens is 1. The Morgan fingerprint density at radius 1 is 1.03 bits per heavy atom. The number of ether oxygens (including phenoxy) is 2. The Labute approximate surface area is 188 Å². The van der Waals surface area contributed by atoms with Gasteiger partial charge in [-0.2, -0.15) is 4.98 Å². The molecule has 3 rings (SSSR count). The summed E-state index contributed by atoms with van der Waals surface area (Å²) in [6.07, 6.45) is 0.367. The molecule has 0 atom stereocenters. The van der Waals surface area contributed by atoms with Crippen LogP contribution in [0.2, 0.25) is 0 Å². The van der Waals surface area contributed by atoms with Crippen LogP contribution in [0, 0.1) is 5.82 Å². The van der Waals surface area contributed by atoms with Crippen molar-refractivity contribution in [3.63, 3.8) is 0 Å². The number of amides is 1. The third kappa shape index (κ3) is 7.43. The lowest BCUT2D eigenvalue weighted by atomic mass is 10.2. The molecule has 0 saturated carbocycles. The summed E-state index contributed by atoms with van der Waals surface area (Å²) in [6, 6.07) is 13.4. The number of carboxylic acids is 1. The third-order valence-electron chi connectivity index (χ3n) is 4.13. The Balaban J connectivity index is 1.66. The first-order valence-electron chi connectivity index (χ1n) is 9.83. The van der Waals surface area contributed by atoms with E-state index >= 15 is 0 Å². The van der Waals surface area contributed by atoms with E-state index in [4.69, 9.17) is 14.6 Å². The van der Waals surface area contributed by atoms with Gasteiger partial charge >= 0.3 is 5.97 Å². The minimum atomic E-state index is -1.24. The number of benzene rings is 2. The molecule has 1 amide bonds. The van der Waals surface area contributed by atoms with Crippen LogP contribution in [0.25, 0.3) is 0 Å². The van der Waals surface area contributed by atoms with Gasteiger partial charge in [-0.25, -0.2) is 9.37 Å². The Morgan fingerprint density at radius 2 is 1.79 bits per heavy atom. The van der Waals surface area contributed by atoms with E-state index in [9.17, 15) is 14.0 Å². The Morgan fingerprint density at radius 3 is 2.52 bits per heavy atom. The summed E-state index contributed by atoms with van der Waals surface area (Å²) < 4.78 is 24.7. The van der Waals surface area contributed by atoms with Crippen molar-refractivity contribution in [2.24, 2.45) is 0 Å². The maximum atomic E-state index is 14.3. The molecule has 3 aromatic rings. The lowest BCUT2D eigenvalue weighted by Gasteiger charge is -2.11.